The molecule has 1 fully saturated rings. The van der Waals surface area contributed by atoms with Gasteiger partial charge in [0.25, 0.3) is 5.78 Å². The van der Waals surface area contributed by atoms with E-state index >= 15 is 0 Å². The van der Waals surface area contributed by atoms with E-state index in [0.717, 1.165) is 19.0 Å². The second kappa shape index (κ2) is 6.97. The average Bonchev–Trinajstić information content (AvgIpc) is 2.52. The van der Waals surface area contributed by atoms with E-state index in [1.165, 1.54) is 11.9 Å². The molecule has 0 saturated heterocycles. The van der Waals surface area contributed by atoms with Gasteiger partial charge in [0, 0.05) is 36.3 Å². The van der Waals surface area contributed by atoms with Gasteiger partial charge in [-0.1, -0.05) is 29.8 Å². The number of rotatable bonds is 4. The van der Waals surface area contributed by atoms with Gasteiger partial charge in [0.15, 0.2) is 5.78 Å². The van der Waals surface area contributed by atoms with Crippen LogP contribution in [-0.2, 0) is 15.1 Å². The fraction of sp³-hybridized carbons (Fsp3) is 0.412. The normalized spacial score (nSPS) is 22.0. The number of hydrogen-bond acceptors (Lipinski definition) is 3. The Morgan fingerprint density at radius 2 is 1.96 bits per heavy atom. The molecule has 0 heterocycles. The van der Waals surface area contributed by atoms with Crippen molar-refractivity contribution in [3.8, 4) is 0 Å². The Hall–Kier alpha value is -1.82. The minimum absolute atomic E-state index is 0.117. The summed E-state index contributed by atoms with van der Waals surface area (Å²) in [6.45, 7) is 0. The number of alkyl halides is 3. The molecule has 0 aromatic heterocycles. The lowest BCUT2D eigenvalue weighted by Crippen LogP contribution is -2.49. The van der Waals surface area contributed by atoms with Crippen molar-refractivity contribution in [3.63, 3.8) is 0 Å². The zero-order chi connectivity index (χ0) is 18.0. The van der Waals surface area contributed by atoms with Gasteiger partial charge in [0.1, 0.15) is 5.54 Å². The van der Waals surface area contributed by atoms with Crippen LogP contribution in [0, 0.1) is 0 Å². The molecule has 0 N–H and O–H groups in total. The fourth-order valence-electron chi connectivity index (χ4n) is 3.06. The summed E-state index contributed by atoms with van der Waals surface area (Å²) in [6.07, 6.45) is -1.27. The van der Waals surface area contributed by atoms with Crippen LogP contribution in [0.25, 0.3) is 0 Å². The largest absolute Gasteiger partial charge is 0.454 e. The highest BCUT2D eigenvalue weighted by molar-refractivity contribution is 6.31. The summed E-state index contributed by atoms with van der Waals surface area (Å²) in [5.41, 5.74) is -0.609. The van der Waals surface area contributed by atoms with Crippen LogP contribution < -0.4 is 0 Å². The Balaban J connectivity index is 2.44. The van der Waals surface area contributed by atoms with Crippen molar-refractivity contribution >= 4 is 23.2 Å². The van der Waals surface area contributed by atoms with Gasteiger partial charge in [-0.3, -0.25) is 9.59 Å². The number of allylic oxidation sites excluding steroid dienone is 1. The number of likely N-dealkylation sites (N-methyl/N-ethyl adjacent to an activating group) is 1. The molecule has 1 aliphatic rings. The minimum Gasteiger partial charge on any atom is -0.364 e. The third-order valence-electron chi connectivity index (χ3n) is 4.30. The molecule has 0 radical (unpaired) electrons. The molecule has 24 heavy (non-hydrogen) atoms. The quantitative estimate of drug-likeness (QED) is 0.754. The van der Waals surface area contributed by atoms with E-state index in [-0.39, 0.29) is 5.78 Å². The zero-order valence-corrected chi connectivity index (χ0v) is 13.8. The molecule has 0 amide bonds. The number of hydrogen-bond donors (Lipinski definition) is 0. The van der Waals surface area contributed by atoms with Gasteiger partial charge in [-0.05, 0) is 25.3 Å². The van der Waals surface area contributed by atoms with Crippen LogP contribution in [0.2, 0.25) is 5.02 Å². The molecule has 2 rings (SSSR count). The molecule has 0 spiro atoms. The lowest BCUT2D eigenvalue weighted by Gasteiger charge is -2.43. The van der Waals surface area contributed by atoms with Crippen LogP contribution in [-0.4, -0.2) is 29.7 Å². The van der Waals surface area contributed by atoms with Gasteiger partial charge >= 0.3 is 6.18 Å². The van der Waals surface area contributed by atoms with E-state index in [9.17, 15) is 22.8 Å². The molecule has 1 atom stereocenters. The van der Waals surface area contributed by atoms with Gasteiger partial charge in [0.2, 0.25) is 0 Å². The average molecular weight is 360 g/mol. The van der Waals surface area contributed by atoms with Crippen molar-refractivity contribution in [1.29, 1.82) is 0 Å². The van der Waals surface area contributed by atoms with E-state index in [4.69, 9.17) is 11.6 Å². The van der Waals surface area contributed by atoms with Gasteiger partial charge in [-0.25, -0.2) is 0 Å². The monoisotopic (exact) mass is 359 g/mol. The van der Waals surface area contributed by atoms with Crippen LogP contribution in [0.15, 0.2) is 36.5 Å². The first-order chi connectivity index (χ1) is 11.2. The van der Waals surface area contributed by atoms with Gasteiger partial charge < -0.3 is 4.90 Å². The number of nitrogens with zero attached hydrogens (tertiary/aromatic N) is 1. The van der Waals surface area contributed by atoms with Crippen molar-refractivity contribution in [2.75, 3.05) is 7.05 Å². The van der Waals surface area contributed by atoms with Crippen molar-refractivity contribution in [3.05, 3.63) is 47.1 Å². The molecule has 0 bridgehead atoms. The molecule has 1 saturated carbocycles. The van der Waals surface area contributed by atoms with Crippen LogP contribution >= 0.6 is 11.6 Å². The number of benzene rings is 1. The number of halogens is 4. The van der Waals surface area contributed by atoms with E-state index in [1.54, 1.807) is 24.3 Å². The number of ketones is 2. The maximum absolute atomic E-state index is 12.7. The highest BCUT2D eigenvalue weighted by Gasteiger charge is 2.45. The zero-order valence-electron chi connectivity index (χ0n) is 13.1. The van der Waals surface area contributed by atoms with Crippen molar-refractivity contribution < 1.29 is 22.8 Å². The highest BCUT2D eigenvalue weighted by Crippen LogP contribution is 2.42. The van der Waals surface area contributed by atoms with E-state index in [1.807, 2.05) is 0 Å². The molecular formula is C17H17ClF3NO2. The third-order valence-corrected chi connectivity index (χ3v) is 4.63. The van der Waals surface area contributed by atoms with Gasteiger partial charge in [0.05, 0.1) is 0 Å². The first kappa shape index (κ1) is 18.5. The Morgan fingerprint density at radius 3 is 2.54 bits per heavy atom. The number of carbonyl (C=O) groups excluding carboxylic acids is 2. The first-order valence-electron chi connectivity index (χ1n) is 7.50. The Kier molecular flexibility index (Phi) is 5.38. The number of carbonyl (C=O) groups is 2. The molecule has 1 aromatic rings. The molecule has 0 unspecified atom stereocenters. The summed E-state index contributed by atoms with van der Waals surface area (Å²) in [5, 5.41) is 0.371. The lowest BCUT2D eigenvalue weighted by atomic mass is 9.74. The second-order valence-electron chi connectivity index (χ2n) is 5.76. The molecular weight excluding hydrogens is 343 g/mol. The summed E-state index contributed by atoms with van der Waals surface area (Å²) in [7, 11) is 1.49. The van der Waals surface area contributed by atoms with Crippen molar-refractivity contribution in [1.82, 2.24) is 4.90 Å². The summed E-state index contributed by atoms with van der Waals surface area (Å²) in [6, 6.07) is 6.78. The lowest BCUT2D eigenvalue weighted by molar-refractivity contribution is -0.165. The topological polar surface area (TPSA) is 37.4 Å². The smallest absolute Gasteiger partial charge is 0.364 e. The van der Waals surface area contributed by atoms with E-state index in [2.05, 4.69) is 0 Å². The molecule has 1 aromatic carbocycles. The highest BCUT2D eigenvalue weighted by atomic mass is 35.5. The van der Waals surface area contributed by atoms with Gasteiger partial charge in [-0.15, -0.1) is 0 Å². The van der Waals surface area contributed by atoms with Crippen LogP contribution in [0.4, 0.5) is 13.2 Å². The molecule has 130 valence electrons. The van der Waals surface area contributed by atoms with Crippen molar-refractivity contribution in [2.45, 2.75) is 37.4 Å². The standard InChI is InChI=1S/C17H17ClF3NO2/c1-22(11-9-15(24)17(19,20)21)16(10-5-4-8-14(16)23)12-6-2-3-7-13(12)18/h2-3,6-7,9,11H,4-5,8,10H2,1H3/b11-9+/t16-/m0/s1. The SMILES string of the molecule is CN(/C=C/C(=O)C(F)(F)F)[C@]1(c2ccccc2Cl)CCCCC1=O. The summed E-state index contributed by atoms with van der Waals surface area (Å²) in [5.74, 6) is -2.08. The van der Waals surface area contributed by atoms with E-state index < -0.39 is 17.5 Å². The summed E-state index contributed by atoms with van der Waals surface area (Å²) in [4.78, 5) is 25.2. The summed E-state index contributed by atoms with van der Waals surface area (Å²) >= 11 is 6.24. The molecule has 3 nitrogen and oxygen atoms in total. The van der Waals surface area contributed by atoms with Crippen LogP contribution in [0.5, 0.6) is 0 Å². The molecule has 7 heteroatoms. The maximum Gasteiger partial charge on any atom is 0.454 e. The molecule has 1 aliphatic carbocycles. The Bertz CT molecular complexity index is 672. The van der Waals surface area contributed by atoms with Gasteiger partial charge in [-0.2, -0.15) is 13.2 Å². The maximum atomic E-state index is 12.7. The van der Waals surface area contributed by atoms with E-state index in [0.29, 0.717) is 29.5 Å². The van der Waals surface area contributed by atoms with Crippen LogP contribution in [0.1, 0.15) is 31.2 Å². The van der Waals surface area contributed by atoms with Crippen LogP contribution in [0.3, 0.4) is 0 Å². The Morgan fingerprint density at radius 1 is 1.29 bits per heavy atom. The predicted octanol–water partition coefficient (Wildman–Crippen LogP) is 4.26. The number of Topliss-reactive ketones (excluding diaryl/α,β-unsaturated/α-hetero) is 1. The Labute approximate surface area is 143 Å². The fourth-order valence-corrected chi connectivity index (χ4v) is 3.35. The first-order valence-corrected chi connectivity index (χ1v) is 7.88. The van der Waals surface area contributed by atoms with Crippen molar-refractivity contribution in [2.24, 2.45) is 0 Å². The third kappa shape index (κ3) is 3.48. The summed E-state index contributed by atoms with van der Waals surface area (Å²) < 4.78 is 37.2. The molecule has 0 aliphatic heterocycles. The second-order valence-corrected chi connectivity index (χ2v) is 6.17. The minimum atomic E-state index is -4.94. The predicted molar refractivity (Wildman–Crippen MR) is 84.6 cm³/mol.